The van der Waals surface area contributed by atoms with Crippen LogP contribution in [0, 0.1) is 0 Å². The average Bonchev–Trinajstić information content (AvgIpc) is 2.29. The van der Waals surface area contributed by atoms with E-state index in [1.165, 1.54) is 0 Å². The lowest BCUT2D eigenvalue weighted by Crippen LogP contribution is -2.36. The molecule has 0 aromatic carbocycles. The second-order valence-corrected chi connectivity index (χ2v) is 4.53. The SMILES string of the molecule is CNC(=O)CCCN(C)C1CCC(=O)CC1. The van der Waals surface area contributed by atoms with Gasteiger partial charge in [0.05, 0.1) is 0 Å². The Bertz CT molecular complexity index is 243. The van der Waals surface area contributed by atoms with E-state index >= 15 is 0 Å². The fourth-order valence-corrected chi connectivity index (χ4v) is 2.16. The van der Waals surface area contributed by atoms with Crippen molar-refractivity contribution in [2.45, 2.75) is 44.6 Å². The fourth-order valence-electron chi connectivity index (χ4n) is 2.16. The molecule has 1 fully saturated rings. The van der Waals surface area contributed by atoms with Gasteiger partial charge in [-0.1, -0.05) is 0 Å². The Morgan fingerprint density at radius 1 is 1.44 bits per heavy atom. The van der Waals surface area contributed by atoms with Gasteiger partial charge in [-0.3, -0.25) is 9.59 Å². The highest BCUT2D eigenvalue weighted by Gasteiger charge is 2.21. The monoisotopic (exact) mass is 226 g/mol. The van der Waals surface area contributed by atoms with Crippen LogP contribution in [0.4, 0.5) is 0 Å². The van der Waals surface area contributed by atoms with Gasteiger partial charge >= 0.3 is 0 Å². The van der Waals surface area contributed by atoms with E-state index in [1.54, 1.807) is 7.05 Å². The number of hydrogen-bond acceptors (Lipinski definition) is 3. The number of carbonyl (C=O) groups is 2. The summed E-state index contributed by atoms with van der Waals surface area (Å²) in [5.74, 6) is 0.502. The molecule has 0 saturated heterocycles. The minimum absolute atomic E-state index is 0.104. The van der Waals surface area contributed by atoms with Crippen LogP contribution in [0.3, 0.4) is 0 Å². The minimum Gasteiger partial charge on any atom is -0.359 e. The molecular formula is C12H22N2O2. The number of nitrogens with one attached hydrogen (secondary N) is 1. The van der Waals surface area contributed by atoms with Crippen LogP contribution >= 0.6 is 0 Å². The first-order chi connectivity index (χ1) is 7.63. The van der Waals surface area contributed by atoms with Crippen molar-refractivity contribution in [3.8, 4) is 0 Å². The molecule has 0 aromatic heterocycles. The number of hydrogen-bond donors (Lipinski definition) is 1. The summed E-state index contributed by atoms with van der Waals surface area (Å²) < 4.78 is 0. The largest absolute Gasteiger partial charge is 0.359 e. The van der Waals surface area contributed by atoms with Crippen molar-refractivity contribution in [2.24, 2.45) is 0 Å². The molecule has 0 unspecified atom stereocenters. The lowest BCUT2D eigenvalue weighted by molar-refractivity contribution is -0.121. The first-order valence-corrected chi connectivity index (χ1v) is 6.06. The van der Waals surface area contributed by atoms with Gasteiger partial charge in [-0.05, 0) is 32.9 Å². The Morgan fingerprint density at radius 2 is 2.06 bits per heavy atom. The quantitative estimate of drug-likeness (QED) is 0.759. The van der Waals surface area contributed by atoms with E-state index in [9.17, 15) is 9.59 Å². The van der Waals surface area contributed by atoms with Gasteiger partial charge in [-0.15, -0.1) is 0 Å². The summed E-state index contributed by atoms with van der Waals surface area (Å²) in [4.78, 5) is 24.4. The zero-order valence-corrected chi connectivity index (χ0v) is 10.3. The maximum Gasteiger partial charge on any atom is 0.219 e. The van der Waals surface area contributed by atoms with Crippen molar-refractivity contribution in [3.05, 3.63) is 0 Å². The number of rotatable bonds is 5. The van der Waals surface area contributed by atoms with Crippen LogP contribution in [-0.4, -0.2) is 43.3 Å². The van der Waals surface area contributed by atoms with E-state index in [-0.39, 0.29) is 5.91 Å². The van der Waals surface area contributed by atoms with Gasteiger partial charge in [0, 0.05) is 32.4 Å². The molecule has 1 N–H and O–H groups in total. The maximum atomic E-state index is 11.1. The lowest BCUT2D eigenvalue weighted by atomic mass is 9.93. The van der Waals surface area contributed by atoms with Gasteiger partial charge in [0.1, 0.15) is 5.78 Å². The summed E-state index contributed by atoms with van der Waals surface area (Å²) in [6.45, 7) is 0.937. The van der Waals surface area contributed by atoms with Gasteiger partial charge in [0.15, 0.2) is 0 Å². The van der Waals surface area contributed by atoms with E-state index in [4.69, 9.17) is 0 Å². The van der Waals surface area contributed by atoms with E-state index in [0.29, 0.717) is 18.2 Å². The Kier molecular flexibility index (Phi) is 5.46. The Labute approximate surface area is 97.4 Å². The van der Waals surface area contributed by atoms with E-state index < -0.39 is 0 Å². The second kappa shape index (κ2) is 6.63. The highest BCUT2D eigenvalue weighted by atomic mass is 16.1. The maximum absolute atomic E-state index is 11.1. The third kappa shape index (κ3) is 4.31. The zero-order chi connectivity index (χ0) is 12.0. The van der Waals surface area contributed by atoms with E-state index in [2.05, 4.69) is 17.3 Å². The Morgan fingerprint density at radius 3 is 2.62 bits per heavy atom. The number of Topliss-reactive ketones (excluding diaryl/α,β-unsaturated/α-hetero) is 1. The topological polar surface area (TPSA) is 49.4 Å². The van der Waals surface area contributed by atoms with Crippen LogP contribution in [0.1, 0.15) is 38.5 Å². The second-order valence-electron chi connectivity index (χ2n) is 4.53. The summed E-state index contributed by atoms with van der Waals surface area (Å²) in [5, 5.41) is 2.62. The highest BCUT2D eigenvalue weighted by Crippen LogP contribution is 2.19. The molecule has 0 aromatic rings. The van der Waals surface area contributed by atoms with Gasteiger partial charge in [0.25, 0.3) is 0 Å². The molecule has 0 atom stereocenters. The number of amides is 1. The van der Waals surface area contributed by atoms with Crippen LogP contribution in [0.15, 0.2) is 0 Å². The molecule has 1 aliphatic rings. The van der Waals surface area contributed by atoms with Crippen LogP contribution < -0.4 is 5.32 Å². The molecule has 1 rings (SSSR count). The van der Waals surface area contributed by atoms with Gasteiger partial charge < -0.3 is 10.2 Å². The molecule has 92 valence electrons. The molecule has 1 aliphatic carbocycles. The summed E-state index contributed by atoms with van der Waals surface area (Å²) >= 11 is 0. The smallest absolute Gasteiger partial charge is 0.219 e. The standard InChI is InChI=1S/C12H22N2O2/c1-13-12(16)4-3-9-14(2)10-5-7-11(15)8-6-10/h10H,3-9H2,1-2H3,(H,13,16). The molecular weight excluding hydrogens is 204 g/mol. The van der Waals surface area contributed by atoms with Crippen LogP contribution in [0.25, 0.3) is 0 Å². The zero-order valence-electron chi connectivity index (χ0n) is 10.3. The number of ketones is 1. The van der Waals surface area contributed by atoms with Crippen LogP contribution in [-0.2, 0) is 9.59 Å². The molecule has 0 spiro atoms. The van der Waals surface area contributed by atoms with Crippen molar-refractivity contribution < 1.29 is 9.59 Å². The van der Waals surface area contributed by atoms with E-state index in [0.717, 1.165) is 38.6 Å². The molecule has 4 heteroatoms. The van der Waals surface area contributed by atoms with Crippen molar-refractivity contribution in [3.63, 3.8) is 0 Å². The summed E-state index contributed by atoms with van der Waals surface area (Å²) in [6, 6.07) is 0.530. The normalized spacial score (nSPS) is 17.8. The molecule has 0 aliphatic heterocycles. The Hall–Kier alpha value is -0.900. The van der Waals surface area contributed by atoms with Crippen molar-refractivity contribution in [1.82, 2.24) is 10.2 Å². The van der Waals surface area contributed by atoms with Gasteiger partial charge in [0.2, 0.25) is 5.91 Å². The fraction of sp³-hybridized carbons (Fsp3) is 0.833. The summed E-state index contributed by atoms with van der Waals surface area (Å²) in [5.41, 5.74) is 0. The van der Waals surface area contributed by atoms with Crippen LogP contribution in [0.5, 0.6) is 0 Å². The molecule has 1 saturated carbocycles. The molecule has 0 bridgehead atoms. The summed E-state index contributed by atoms with van der Waals surface area (Å²) in [7, 11) is 3.75. The van der Waals surface area contributed by atoms with E-state index in [1.807, 2.05) is 0 Å². The van der Waals surface area contributed by atoms with Gasteiger partial charge in [-0.2, -0.15) is 0 Å². The molecule has 0 heterocycles. The van der Waals surface area contributed by atoms with Crippen molar-refractivity contribution in [1.29, 1.82) is 0 Å². The molecule has 16 heavy (non-hydrogen) atoms. The predicted molar refractivity (Wildman–Crippen MR) is 63.2 cm³/mol. The third-order valence-corrected chi connectivity index (χ3v) is 3.33. The molecule has 1 amide bonds. The first kappa shape index (κ1) is 13.2. The summed E-state index contributed by atoms with van der Waals surface area (Å²) in [6.07, 6.45) is 4.90. The lowest BCUT2D eigenvalue weighted by Gasteiger charge is -2.30. The third-order valence-electron chi connectivity index (χ3n) is 3.33. The van der Waals surface area contributed by atoms with Crippen molar-refractivity contribution >= 4 is 11.7 Å². The number of carbonyl (C=O) groups excluding carboxylic acids is 2. The molecule has 4 nitrogen and oxygen atoms in total. The molecule has 0 radical (unpaired) electrons. The van der Waals surface area contributed by atoms with Crippen molar-refractivity contribution in [2.75, 3.05) is 20.6 Å². The van der Waals surface area contributed by atoms with Crippen LogP contribution in [0.2, 0.25) is 0 Å². The first-order valence-electron chi connectivity index (χ1n) is 6.06. The number of nitrogens with zero attached hydrogens (tertiary/aromatic N) is 1. The average molecular weight is 226 g/mol. The Balaban J connectivity index is 2.17. The minimum atomic E-state index is 0.104. The predicted octanol–water partition coefficient (Wildman–Crippen LogP) is 0.956. The highest BCUT2D eigenvalue weighted by molar-refractivity contribution is 5.79. The van der Waals surface area contributed by atoms with Gasteiger partial charge in [-0.25, -0.2) is 0 Å².